The van der Waals surface area contributed by atoms with E-state index in [0.29, 0.717) is 0 Å². The van der Waals surface area contributed by atoms with Crippen LogP contribution in [0, 0.1) is 11.3 Å². The van der Waals surface area contributed by atoms with Crippen LogP contribution < -0.4 is 4.74 Å². The zero-order valence-corrected chi connectivity index (χ0v) is 12.6. The highest BCUT2D eigenvalue weighted by Gasteiger charge is 2.31. The molecule has 0 amide bonds. The largest absolute Gasteiger partial charge is 0.454 e. The molecule has 2 aromatic carbocycles. The molecule has 0 radical (unpaired) electrons. The highest BCUT2D eigenvalue weighted by molar-refractivity contribution is 9.10. The Morgan fingerprint density at radius 2 is 1.76 bits per heavy atom. The van der Waals surface area contributed by atoms with Gasteiger partial charge in [-0.15, -0.1) is 0 Å². The van der Waals surface area contributed by atoms with E-state index in [1.165, 1.54) is 0 Å². The van der Waals surface area contributed by atoms with Gasteiger partial charge in [-0.05, 0) is 36.4 Å². The molecule has 2 aromatic rings. The first-order valence-electron chi connectivity index (χ1n) is 5.55. The molecule has 2 rings (SSSR count). The molecule has 21 heavy (non-hydrogen) atoms. The summed E-state index contributed by atoms with van der Waals surface area (Å²) in [7, 11) is 0. The van der Waals surface area contributed by atoms with Crippen molar-refractivity contribution in [3.05, 3.63) is 57.0 Å². The minimum absolute atomic E-state index is 0.00900. The number of benzene rings is 2. The lowest BCUT2D eigenvalue weighted by molar-refractivity contribution is -0.137. The fraction of sp³-hybridized carbons (Fsp3) is 0.0714. The number of nitrogens with zero attached hydrogens (tertiary/aromatic N) is 1. The van der Waals surface area contributed by atoms with Crippen LogP contribution in [0.2, 0.25) is 5.02 Å². The molecule has 0 saturated heterocycles. The fourth-order valence-electron chi connectivity index (χ4n) is 1.56. The summed E-state index contributed by atoms with van der Waals surface area (Å²) < 4.78 is 43.9. The van der Waals surface area contributed by atoms with E-state index >= 15 is 0 Å². The van der Waals surface area contributed by atoms with Gasteiger partial charge in [0.15, 0.2) is 0 Å². The molecule has 0 aliphatic rings. The van der Waals surface area contributed by atoms with Crippen molar-refractivity contribution in [2.45, 2.75) is 6.18 Å². The zero-order chi connectivity index (χ0) is 15.6. The molecule has 0 spiro atoms. The topological polar surface area (TPSA) is 33.0 Å². The Bertz CT molecular complexity index is 725. The van der Waals surface area contributed by atoms with Crippen molar-refractivity contribution in [1.29, 1.82) is 5.26 Å². The Kier molecular flexibility index (Phi) is 4.45. The molecule has 0 heterocycles. The minimum Gasteiger partial charge on any atom is -0.454 e. The number of halogens is 5. The molecule has 0 saturated carbocycles. The number of rotatable bonds is 2. The number of alkyl halides is 3. The number of nitriles is 1. The van der Waals surface area contributed by atoms with Crippen molar-refractivity contribution >= 4 is 27.5 Å². The molecule has 0 aliphatic heterocycles. The Labute approximate surface area is 131 Å². The summed E-state index contributed by atoms with van der Waals surface area (Å²) in [5.74, 6) is 0.255. The van der Waals surface area contributed by atoms with Gasteiger partial charge in [0.1, 0.15) is 17.6 Å². The monoisotopic (exact) mass is 375 g/mol. The lowest BCUT2D eigenvalue weighted by atomic mass is 10.1. The van der Waals surface area contributed by atoms with Crippen molar-refractivity contribution in [2.24, 2.45) is 0 Å². The summed E-state index contributed by atoms with van der Waals surface area (Å²) in [6, 6.07) is 9.15. The minimum atomic E-state index is -4.51. The smallest absolute Gasteiger partial charge is 0.416 e. The third-order valence-corrected chi connectivity index (χ3v) is 3.33. The van der Waals surface area contributed by atoms with E-state index in [2.05, 4.69) is 15.9 Å². The predicted molar refractivity (Wildman–Crippen MR) is 75.4 cm³/mol. The molecule has 0 aromatic heterocycles. The van der Waals surface area contributed by atoms with Crippen molar-refractivity contribution in [3.63, 3.8) is 0 Å². The van der Waals surface area contributed by atoms with Gasteiger partial charge >= 0.3 is 6.18 Å². The standard InChI is InChI=1S/C14H6BrClF3NO/c15-10-2-4-13(11(16)6-10)21-12-3-1-9(14(17,18)19)5-8(12)7-20/h1-6H. The molecule has 0 aliphatic carbocycles. The van der Waals surface area contributed by atoms with Crippen LogP contribution in [0.3, 0.4) is 0 Å². The SMILES string of the molecule is N#Cc1cc(C(F)(F)F)ccc1Oc1ccc(Br)cc1Cl. The summed E-state index contributed by atoms with van der Waals surface area (Å²) in [4.78, 5) is 0. The van der Waals surface area contributed by atoms with E-state index in [0.717, 1.165) is 22.7 Å². The van der Waals surface area contributed by atoms with E-state index in [1.54, 1.807) is 24.3 Å². The van der Waals surface area contributed by atoms with Gasteiger partial charge in [-0.1, -0.05) is 27.5 Å². The third-order valence-electron chi connectivity index (χ3n) is 2.54. The summed E-state index contributed by atoms with van der Waals surface area (Å²) in [5.41, 5.74) is -1.13. The fourth-order valence-corrected chi connectivity index (χ4v) is 2.27. The van der Waals surface area contributed by atoms with Crippen LogP contribution in [0.5, 0.6) is 11.5 Å². The lowest BCUT2D eigenvalue weighted by Crippen LogP contribution is -2.05. The molecule has 2 nitrogen and oxygen atoms in total. The molecule has 0 unspecified atom stereocenters. The first-order valence-corrected chi connectivity index (χ1v) is 6.72. The van der Waals surface area contributed by atoms with E-state index in [1.807, 2.05) is 0 Å². The summed E-state index contributed by atoms with van der Waals surface area (Å²) in [5, 5.41) is 9.23. The molecular formula is C14H6BrClF3NO. The Hall–Kier alpha value is -1.71. The second kappa shape index (κ2) is 5.96. The van der Waals surface area contributed by atoms with Gasteiger partial charge in [0, 0.05) is 4.47 Å². The first-order chi connectivity index (χ1) is 9.81. The third kappa shape index (κ3) is 3.69. The van der Waals surface area contributed by atoms with E-state index in [-0.39, 0.29) is 22.1 Å². The van der Waals surface area contributed by atoms with Crippen LogP contribution in [0.1, 0.15) is 11.1 Å². The Morgan fingerprint density at radius 1 is 1.10 bits per heavy atom. The highest BCUT2D eigenvalue weighted by atomic mass is 79.9. The van der Waals surface area contributed by atoms with Crippen molar-refractivity contribution in [1.82, 2.24) is 0 Å². The van der Waals surface area contributed by atoms with E-state index in [4.69, 9.17) is 21.6 Å². The molecule has 0 N–H and O–H groups in total. The van der Waals surface area contributed by atoms with Crippen LogP contribution in [0.4, 0.5) is 13.2 Å². The van der Waals surface area contributed by atoms with Crippen LogP contribution in [0.25, 0.3) is 0 Å². The summed E-state index contributed by atoms with van der Waals surface area (Å²) in [6.45, 7) is 0. The van der Waals surface area contributed by atoms with Gasteiger partial charge in [-0.25, -0.2) is 0 Å². The average molecular weight is 377 g/mol. The molecule has 0 fully saturated rings. The summed E-state index contributed by atoms with van der Waals surface area (Å²) >= 11 is 9.18. The van der Waals surface area contributed by atoms with Crippen LogP contribution in [-0.2, 0) is 6.18 Å². The molecule has 0 bridgehead atoms. The maximum absolute atomic E-state index is 12.6. The van der Waals surface area contributed by atoms with Gasteiger partial charge in [-0.2, -0.15) is 18.4 Å². The zero-order valence-electron chi connectivity index (χ0n) is 10.2. The molecule has 0 atom stereocenters. The predicted octanol–water partition coefficient (Wildman–Crippen LogP) is 5.79. The first kappa shape index (κ1) is 15.7. The maximum Gasteiger partial charge on any atom is 0.416 e. The number of ether oxygens (including phenoxy) is 1. The second-order valence-electron chi connectivity index (χ2n) is 4.00. The van der Waals surface area contributed by atoms with Crippen molar-refractivity contribution in [2.75, 3.05) is 0 Å². The number of hydrogen-bond donors (Lipinski definition) is 0. The lowest BCUT2D eigenvalue weighted by Gasteiger charge is -2.12. The quantitative estimate of drug-likeness (QED) is 0.665. The van der Waals surface area contributed by atoms with Crippen LogP contribution >= 0.6 is 27.5 Å². The second-order valence-corrected chi connectivity index (χ2v) is 5.32. The van der Waals surface area contributed by atoms with E-state index in [9.17, 15) is 13.2 Å². The highest BCUT2D eigenvalue weighted by Crippen LogP contribution is 2.36. The number of hydrogen-bond acceptors (Lipinski definition) is 2. The molecule has 7 heteroatoms. The summed E-state index contributed by atoms with van der Waals surface area (Å²) in [6.07, 6.45) is -4.51. The van der Waals surface area contributed by atoms with Crippen molar-refractivity contribution in [3.8, 4) is 17.6 Å². The normalized spacial score (nSPS) is 11.0. The van der Waals surface area contributed by atoms with Crippen LogP contribution in [-0.4, -0.2) is 0 Å². The molecular weight excluding hydrogens is 371 g/mol. The Morgan fingerprint density at radius 3 is 2.33 bits per heavy atom. The van der Waals surface area contributed by atoms with Gasteiger partial charge in [-0.3, -0.25) is 0 Å². The average Bonchev–Trinajstić information content (AvgIpc) is 2.41. The van der Waals surface area contributed by atoms with Crippen LogP contribution in [0.15, 0.2) is 40.9 Å². The van der Waals surface area contributed by atoms with Crippen molar-refractivity contribution < 1.29 is 17.9 Å². The van der Waals surface area contributed by atoms with Gasteiger partial charge in [0.25, 0.3) is 0 Å². The maximum atomic E-state index is 12.6. The molecule has 108 valence electrons. The van der Waals surface area contributed by atoms with Gasteiger partial charge < -0.3 is 4.74 Å². The van der Waals surface area contributed by atoms with Gasteiger partial charge in [0.2, 0.25) is 0 Å². The van der Waals surface area contributed by atoms with Gasteiger partial charge in [0.05, 0.1) is 16.1 Å². The Balaban J connectivity index is 2.39. The van der Waals surface area contributed by atoms with E-state index < -0.39 is 11.7 Å².